The minimum Gasteiger partial charge on any atom is -0.354 e. The van der Waals surface area contributed by atoms with Crippen LogP contribution in [0, 0.1) is 0 Å². The van der Waals surface area contributed by atoms with Gasteiger partial charge in [0.25, 0.3) is 11.8 Å². The Balaban J connectivity index is 1.07. The van der Waals surface area contributed by atoms with E-state index in [4.69, 9.17) is 16.5 Å². The molecular formula is C66H80N12O8. The van der Waals surface area contributed by atoms with E-state index in [9.17, 15) is 33.6 Å². The molecule has 0 bridgehead atoms. The maximum atomic E-state index is 15.2. The molecule has 2 aliphatic heterocycles. The number of nitrogens with zero attached hydrogens (tertiary/aromatic N) is 4. The zero-order chi connectivity index (χ0) is 61.0. The smallest absolute Gasteiger partial charge is 0.253 e. The molecule has 2 aromatic heterocycles. The zero-order valence-electron chi connectivity index (χ0n) is 49.1. The van der Waals surface area contributed by atoms with E-state index in [1.54, 1.807) is 36.5 Å². The number of benzene rings is 4. The summed E-state index contributed by atoms with van der Waals surface area (Å²) in [7, 11) is 0. The van der Waals surface area contributed by atoms with Gasteiger partial charge in [0.2, 0.25) is 35.4 Å². The molecule has 2 saturated heterocycles. The number of amides is 8. The van der Waals surface area contributed by atoms with E-state index in [0.717, 1.165) is 27.3 Å². The number of hydrogen-bond acceptors (Lipinski definition) is 12. The number of aromatic nitrogens is 2. The number of fused-ring (bicyclic) bond motifs is 2. The van der Waals surface area contributed by atoms with Crippen molar-refractivity contribution in [2.75, 3.05) is 39.3 Å². The predicted octanol–water partition coefficient (Wildman–Crippen LogP) is 4.51. The monoisotopic (exact) mass is 1170 g/mol. The van der Waals surface area contributed by atoms with Gasteiger partial charge in [0.05, 0.1) is 28.0 Å². The number of carbonyl (C=O) groups excluding carboxylic acids is 8. The fourth-order valence-electron chi connectivity index (χ4n) is 11.2. The molecule has 2 fully saturated rings. The van der Waals surface area contributed by atoms with Crippen molar-refractivity contribution in [3.05, 3.63) is 167 Å². The SMILES string of the molecule is CCc1ncccc1C(=O)NC(CC=CC[C@H](NC(=O)c1cc2cc3ccccc3cc2nc1CC)C(=O)N1CCC[C@H]1C(=O)N[C@@H](Cc1ccccc1)C(=O)NCCCN)C(=O)N1CCC[C@H]1C(=O)N[C@@H](Cc1ccccc1)C(=O)NCCCN. The highest BCUT2D eigenvalue weighted by Crippen LogP contribution is 2.26. The third-order valence-corrected chi connectivity index (χ3v) is 15.8. The third-order valence-electron chi connectivity index (χ3n) is 15.8. The van der Waals surface area contributed by atoms with Crippen LogP contribution in [0.15, 0.2) is 134 Å². The number of nitrogens with two attached hydrogens (primary N) is 2. The van der Waals surface area contributed by atoms with E-state index in [1.165, 1.54) is 9.80 Å². The Morgan fingerprint density at radius 2 is 1.02 bits per heavy atom. The van der Waals surface area contributed by atoms with Gasteiger partial charge in [-0.15, -0.1) is 0 Å². The number of rotatable bonds is 28. The highest BCUT2D eigenvalue weighted by Gasteiger charge is 2.41. The van der Waals surface area contributed by atoms with Gasteiger partial charge in [0.15, 0.2) is 0 Å². The molecule has 452 valence electrons. The molecule has 4 heterocycles. The van der Waals surface area contributed by atoms with Crippen LogP contribution in [0.1, 0.15) is 108 Å². The molecule has 6 atom stereocenters. The lowest BCUT2D eigenvalue weighted by atomic mass is 10.0. The van der Waals surface area contributed by atoms with Crippen LogP contribution in [-0.4, -0.2) is 143 Å². The number of pyridine rings is 2. The molecule has 2 aliphatic rings. The minimum absolute atomic E-state index is 0.0976. The maximum Gasteiger partial charge on any atom is 0.253 e. The first-order valence-corrected chi connectivity index (χ1v) is 30.1. The quantitative estimate of drug-likeness (QED) is 0.0191. The van der Waals surface area contributed by atoms with Gasteiger partial charge >= 0.3 is 0 Å². The van der Waals surface area contributed by atoms with Crippen molar-refractivity contribution in [3.8, 4) is 0 Å². The molecular weight excluding hydrogens is 1090 g/mol. The molecule has 0 radical (unpaired) electrons. The first-order valence-electron chi connectivity index (χ1n) is 30.1. The Labute approximate surface area is 502 Å². The standard InChI is InChI=1S/C66H80N12O8/c1-3-50-48(26-15-33-69-50)59(79)73-52(65(85)77-36-16-29-57(77)63(83)75-55(61(81)70-34-18-31-67)38-43-20-7-5-8-21-43)27-13-14-28-53(74-60(80)49-41-47-40-45-24-11-12-25-46(45)42-54(47)72-51(49)4-2)66(86)78-37-17-30-58(78)64(84)76-56(62(82)71-35-19-32-68)39-44-22-9-6-10-23-44/h5-15,20-26,33,40-42,52-53,55-58H,3-4,16-19,27-32,34-39,67-68H2,1-2H3,(H,70,81)(H,71,82)(H,73,79)(H,74,80)(H,75,83)(H,76,84)/t52?,53-,55-,56-,57-,58-/m0/s1. The highest BCUT2D eigenvalue weighted by atomic mass is 16.2. The molecule has 0 spiro atoms. The van der Waals surface area contributed by atoms with Crippen LogP contribution in [0.25, 0.3) is 21.7 Å². The number of aryl methyl sites for hydroxylation is 2. The van der Waals surface area contributed by atoms with Crippen LogP contribution in [0.2, 0.25) is 0 Å². The van der Waals surface area contributed by atoms with Crippen LogP contribution in [0.3, 0.4) is 0 Å². The van der Waals surface area contributed by atoms with Gasteiger partial charge in [-0.25, -0.2) is 0 Å². The van der Waals surface area contributed by atoms with Crippen molar-refractivity contribution in [1.82, 2.24) is 51.7 Å². The van der Waals surface area contributed by atoms with Crippen molar-refractivity contribution in [2.45, 2.75) is 127 Å². The van der Waals surface area contributed by atoms with E-state index in [2.05, 4.69) is 36.9 Å². The van der Waals surface area contributed by atoms with E-state index in [1.807, 2.05) is 111 Å². The lowest BCUT2D eigenvalue weighted by Gasteiger charge is -2.30. The second-order valence-electron chi connectivity index (χ2n) is 21.8. The summed E-state index contributed by atoms with van der Waals surface area (Å²) >= 11 is 0. The van der Waals surface area contributed by atoms with Crippen LogP contribution in [0.5, 0.6) is 0 Å². The Hall–Kier alpha value is -8.88. The summed E-state index contributed by atoms with van der Waals surface area (Å²) in [5, 5.41) is 20.2. The Morgan fingerprint density at radius 1 is 0.547 bits per heavy atom. The summed E-state index contributed by atoms with van der Waals surface area (Å²) in [5.74, 6) is -4.01. The van der Waals surface area contributed by atoms with Gasteiger partial charge in [-0.1, -0.05) is 111 Å². The van der Waals surface area contributed by atoms with Crippen molar-refractivity contribution >= 4 is 68.9 Å². The van der Waals surface area contributed by atoms with Crippen LogP contribution in [0.4, 0.5) is 0 Å². The summed E-state index contributed by atoms with van der Waals surface area (Å²) < 4.78 is 0. The van der Waals surface area contributed by atoms with E-state index in [0.29, 0.717) is 94.5 Å². The molecule has 20 nitrogen and oxygen atoms in total. The second-order valence-corrected chi connectivity index (χ2v) is 21.8. The van der Waals surface area contributed by atoms with Gasteiger partial charge in [0.1, 0.15) is 36.3 Å². The molecule has 0 aliphatic carbocycles. The fraction of sp³-hybridized carbons (Fsp3) is 0.394. The molecule has 8 amide bonds. The van der Waals surface area contributed by atoms with Crippen LogP contribution in [-0.2, 0) is 54.5 Å². The number of carbonyl (C=O) groups is 8. The van der Waals surface area contributed by atoms with Gasteiger partial charge in [0, 0.05) is 50.6 Å². The lowest BCUT2D eigenvalue weighted by Crippen LogP contribution is -2.56. The topological polar surface area (TPSA) is 293 Å². The molecule has 8 rings (SSSR count). The van der Waals surface area contributed by atoms with Gasteiger partial charge in [-0.05, 0) is 130 Å². The first kappa shape index (κ1) is 63.1. The average Bonchev–Trinajstić information content (AvgIpc) is 1.66. The third kappa shape index (κ3) is 16.5. The first-order chi connectivity index (χ1) is 41.8. The lowest BCUT2D eigenvalue weighted by molar-refractivity contribution is -0.140. The summed E-state index contributed by atoms with van der Waals surface area (Å²) in [6.07, 6.45) is 8.56. The van der Waals surface area contributed by atoms with E-state index >= 15 is 4.79 Å². The molecule has 6 aromatic rings. The summed E-state index contributed by atoms with van der Waals surface area (Å²) in [5.41, 5.74) is 15.3. The van der Waals surface area contributed by atoms with Crippen molar-refractivity contribution < 1.29 is 38.4 Å². The number of likely N-dealkylation sites (tertiary alicyclic amines) is 2. The van der Waals surface area contributed by atoms with Gasteiger partial charge in [-0.2, -0.15) is 0 Å². The fourth-order valence-corrected chi connectivity index (χ4v) is 11.2. The number of hydrogen-bond donors (Lipinski definition) is 8. The van der Waals surface area contributed by atoms with Crippen molar-refractivity contribution in [2.24, 2.45) is 11.5 Å². The summed E-state index contributed by atoms with van der Waals surface area (Å²) in [6, 6.07) is 29.1. The zero-order valence-corrected chi connectivity index (χ0v) is 49.1. The number of nitrogens with one attached hydrogen (secondary N) is 6. The van der Waals surface area contributed by atoms with E-state index in [-0.39, 0.29) is 61.7 Å². The maximum absolute atomic E-state index is 15.2. The molecule has 10 N–H and O–H groups in total. The van der Waals surface area contributed by atoms with Gasteiger partial charge < -0.3 is 53.2 Å². The van der Waals surface area contributed by atoms with Crippen LogP contribution < -0.4 is 43.4 Å². The average molecular weight is 1170 g/mol. The highest BCUT2D eigenvalue weighted by molar-refractivity contribution is 6.04. The predicted molar refractivity (Wildman–Crippen MR) is 330 cm³/mol. The molecule has 0 saturated carbocycles. The van der Waals surface area contributed by atoms with Crippen LogP contribution >= 0.6 is 0 Å². The Kier molecular flexibility index (Phi) is 23.0. The largest absolute Gasteiger partial charge is 0.354 e. The Morgan fingerprint density at radius 3 is 1.51 bits per heavy atom. The van der Waals surface area contributed by atoms with E-state index < -0.39 is 71.7 Å². The summed E-state index contributed by atoms with van der Waals surface area (Å²) in [4.78, 5) is 127. The minimum atomic E-state index is -1.25. The normalized spacial score (nSPS) is 16.3. The van der Waals surface area contributed by atoms with Gasteiger partial charge in [-0.3, -0.25) is 48.3 Å². The Bertz CT molecular complexity index is 3380. The summed E-state index contributed by atoms with van der Waals surface area (Å²) in [6.45, 7) is 5.53. The van der Waals surface area contributed by atoms with Crippen molar-refractivity contribution in [1.29, 1.82) is 0 Å². The molecule has 4 aromatic carbocycles. The molecule has 1 unspecified atom stereocenters. The van der Waals surface area contributed by atoms with Crippen molar-refractivity contribution in [3.63, 3.8) is 0 Å². The molecule has 20 heteroatoms. The second kappa shape index (κ2) is 31.3. The molecule has 86 heavy (non-hydrogen) atoms.